The summed E-state index contributed by atoms with van der Waals surface area (Å²) in [5, 5.41) is 12.5. The third-order valence-corrected chi connectivity index (χ3v) is 5.17. The van der Waals surface area contributed by atoms with Crippen LogP contribution in [0.4, 0.5) is 0 Å². The molecule has 1 heterocycles. The van der Waals surface area contributed by atoms with Gasteiger partial charge in [-0.25, -0.2) is 0 Å². The number of ether oxygens (including phenoxy) is 1. The topological polar surface area (TPSA) is 69.0 Å². The number of hydrogen-bond donors (Lipinski definition) is 1. The summed E-state index contributed by atoms with van der Waals surface area (Å²) in [5.74, 6) is 1.91. The molecule has 0 saturated heterocycles. The van der Waals surface area contributed by atoms with Crippen molar-refractivity contribution in [2.75, 3.05) is 12.9 Å². The monoisotopic (exact) mass is 376 g/mol. The molecule has 6 nitrogen and oxygen atoms in total. The average Bonchev–Trinajstić information content (AvgIpc) is 3.04. The normalized spacial score (nSPS) is 11.7. The fraction of sp³-hybridized carbons (Fsp3) is 0.526. The van der Waals surface area contributed by atoms with E-state index in [1.54, 1.807) is 7.11 Å². The molecular formula is C19H28N4O2S. The highest BCUT2D eigenvalue weighted by Gasteiger charge is 2.21. The van der Waals surface area contributed by atoms with Crippen LogP contribution in [0.3, 0.4) is 0 Å². The SMILES string of the molecule is CCC(C)(C)NC(=O)CSc1nnc(-c2ccc(OC)cc2)n1C(C)C. The maximum Gasteiger partial charge on any atom is 0.230 e. The molecule has 2 rings (SSSR count). The standard InChI is InChI=1S/C19H28N4O2S/c1-7-19(4,5)20-16(24)12-26-18-22-21-17(23(18)13(2)3)14-8-10-15(25-6)11-9-14/h8-11,13H,7,12H2,1-6H3,(H,20,24). The minimum absolute atomic E-state index is 0.00570. The zero-order chi connectivity index (χ0) is 19.3. The largest absolute Gasteiger partial charge is 0.497 e. The van der Waals surface area contributed by atoms with Gasteiger partial charge in [-0.2, -0.15) is 0 Å². The van der Waals surface area contributed by atoms with Gasteiger partial charge in [-0.1, -0.05) is 18.7 Å². The Balaban J connectivity index is 2.17. The van der Waals surface area contributed by atoms with Crippen molar-refractivity contribution in [2.45, 2.75) is 57.8 Å². The maximum absolute atomic E-state index is 12.2. The lowest BCUT2D eigenvalue weighted by molar-refractivity contribution is -0.120. The zero-order valence-electron chi connectivity index (χ0n) is 16.4. The molecule has 0 bridgehead atoms. The number of amides is 1. The van der Waals surface area contributed by atoms with E-state index in [1.165, 1.54) is 11.8 Å². The molecule has 0 spiro atoms. The van der Waals surface area contributed by atoms with Crippen LogP contribution in [0.1, 0.15) is 47.1 Å². The fourth-order valence-electron chi connectivity index (χ4n) is 2.41. The van der Waals surface area contributed by atoms with Crippen molar-refractivity contribution in [3.05, 3.63) is 24.3 Å². The first kappa shape index (κ1) is 20.3. The van der Waals surface area contributed by atoms with E-state index in [9.17, 15) is 4.79 Å². The zero-order valence-corrected chi connectivity index (χ0v) is 17.2. The van der Waals surface area contributed by atoms with E-state index in [4.69, 9.17) is 4.74 Å². The molecule has 1 aromatic heterocycles. The van der Waals surface area contributed by atoms with Gasteiger partial charge < -0.3 is 10.1 Å². The van der Waals surface area contributed by atoms with Crippen molar-refractivity contribution in [1.29, 1.82) is 0 Å². The van der Waals surface area contributed by atoms with Crippen LogP contribution >= 0.6 is 11.8 Å². The summed E-state index contributed by atoms with van der Waals surface area (Å²) in [6, 6.07) is 7.92. The molecule has 2 aromatic rings. The Bertz CT molecular complexity index is 738. The van der Waals surface area contributed by atoms with Crippen LogP contribution < -0.4 is 10.1 Å². The molecular weight excluding hydrogens is 348 g/mol. The highest BCUT2D eigenvalue weighted by molar-refractivity contribution is 7.99. The van der Waals surface area contributed by atoms with Crippen LogP contribution in [0.15, 0.2) is 29.4 Å². The number of nitrogens with zero attached hydrogens (tertiary/aromatic N) is 3. The second-order valence-electron chi connectivity index (χ2n) is 7.07. The number of nitrogens with one attached hydrogen (secondary N) is 1. The molecule has 0 radical (unpaired) electrons. The third kappa shape index (κ3) is 5.00. The summed E-state index contributed by atoms with van der Waals surface area (Å²) in [5.41, 5.74) is 0.771. The van der Waals surface area contributed by atoms with E-state index in [-0.39, 0.29) is 17.5 Å². The first-order valence-electron chi connectivity index (χ1n) is 8.80. The first-order chi connectivity index (χ1) is 12.3. The van der Waals surface area contributed by atoms with Gasteiger partial charge in [-0.3, -0.25) is 9.36 Å². The average molecular weight is 377 g/mol. The lowest BCUT2D eigenvalue weighted by Gasteiger charge is -2.24. The maximum atomic E-state index is 12.2. The molecule has 0 saturated carbocycles. The van der Waals surface area contributed by atoms with E-state index in [2.05, 4.69) is 40.9 Å². The highest BCUT2D eigenvalue weighted by Crippen LogP contribution is 2.28. The summed E-state index contributed by atoms with van der Waals surface area (Å²) in [7, 11) is 1.64. The van der Waals surface area contributed by atoms with Crippen LogP contribution in [-0.2, 0) is 4.79 Å². The number of benzene rings is 1. The van der Waals surface area contributed by atoms with Gasteiger partial charge in [0.05, 0.1) is 12.9 Å². The Hall–Kier alpha value is -2.02. The van der Waals surface area contributed by atoms with Gasteiger partial charge in [0.1, 0.15) is 5.75 Å². The van der Waals surface area contributed by atoms with E-state index in [0.29, 0.717) is 5.75 Å². The Morgan fingerprint density at radius 2 is 1.92 bits per heavy atom. The van der Waals surface area contributed by atoms with E-state index < -0.39 is 0 Å². The molecule has 142 valence electrons. The molecule has 0 aliphatic rings. The summed E-state index contributed by atoms with van der Waals surface area (Å²) in [6.07, 6.45) is 0.882. The molecule has 26 heavy (non-hydrogen) atoms. The predicted molar refractivity (Wildman–Crippen MR) is 106 cm³/mol. The van der Waals surface area contributed by atoms with E-state index in [1.807, 2.05) is 38.1 Å². The molecule has 7 heteroatoms. The van der Waals surface area contributed by atoms with Gasteiger partial charge in [-0.15, -0.1) is 10.2 Å². The first-order valence-corrected chi connectivity index (χ1v) is 9.79. The molecule has 1 N–H and O–H groups in total. The summed E-state index contributed by atoms with van der Waals surface area (Å²) >= 11 is 1.41. The number of methoxy groups -OCH3 is 1. The summed E-state index contributed by atoms with van der Waals surface area (Å²) in [4.78, 5) is 12.2. The lowest BCUT2D eigenvalue weighted by atomic mass is 10.0. The van der Waals surface area contributed by atoms with Gasteiger partial charge >= 0.3 is 0 Å². The van der Waals surface area contributed by atoms with E-state index in [0.717, 1.165) is 28.7 Å². The smallest absolute Gasteiger partial charge is 0.230 e. The second kappa shape index (κ2) is 8.58. The minimum atomic E-state index is -0.197. The van der Waals surface area contributed by atoms with Crippen molar-refractivity contribution < 1.29 is 9.53 Å². The van der Waals surface area contributed by atoms with Crippen LogP contribution in [0, 0.1) is 0 Å². The number of hydrogen-bond acceptors (Lipinski definition) is 5. The molecule has 0 unspecified atom stereocenters. The number of thioether (sulfide) groups is 1. The predicted octanol–water partition coefficient (Wildman–Crippen LogP) is 3.93. The van der Waals surface area contributed by atoms with Gasteiger partial charge in [0.25, 0.3) is 0 Å². The molecule has 0 aliphatic carbocycles. The van der Waals surface area contributed by atoms with E-state index >= 15 is 0 Å². The fourth-order valence-corrected chi connectivity index (χ4v) is 3.28. The number of rotatable bonds is 8. The molecule has 1 aromatic carbocycles. The summed E-state index contributed by atoms with van der Waals surface area (Å²) in [6.45, 7) is 10.3. The van der Waals surface area contributed by atoms with Crippen molar-refractivity contribution in [2.24, 2.45) is 0 Å². The Labute approximate surface area is 159 Å². The van der Waals surface area contributed by atoms with Crippen LogP contribution in [0.25, 0.3) is 11.4 Å². The second-order valence-corrected chi connectivity index (χ2v) is 8.02. The van der Waals surface area contributed by atoms with Gasteiger partial charge in [0.15, 0.2) is 11.0 Å². The Morgan fingerprint density at radius 1 is 1.27 bits per heavy atom. The number of carbonyl (C=O) groups is 1. The van der Waals surface area contributed by atoms with Gasteiger partial charge in [-0.05, 0) is 58.4 Å². The van der Waals surface area contributed by atoms with Gasteiger partial charge in [0, 0.05) is 17.1 Å². The van der Waals surface area contributed by atoms with Crippen LogP contribution in [-0.4, -0.2) is 39.1 Å². The van der Waals surface area contributed by atoms with Crippen LogP contribution in [0.5, 0.6) is 5.75 Å². The van der Waals surface area contributed by atoms with Crippen molar-refractivity contribution >= 4 is 17.7 Å². The summed E-state index contributed by atoms with van der Waals surface area (Å²) < 4.78 is 7.27. The third-order valence-electron chi connectivity index (χ3n) is 4.22. The van der Waals surface area contributed by atoms with Crippen molar-refractivity contribution in [1.82, 2.24) is 20.1 Å². The highest BCUT2D eigenvalue weighted by atomic mass is 32.2. The number of aromatic nitrogens is 3. The molecule has 0 fully saturated rings. The van der Waals surface area contributed by atoms with Crippen molar-refractivity contribution in [3.63, 3.8) is 0 Å². The van der Waals surface area contributed by atoms with Crippen molar-refractivity contribution in [3.8, 4) is 17.1 Å². The molecule has 0 atom stereocenters. The Morgan fingerprint density at radius 3 is 2.46 bits per heavy atom. The Kier molecular flexibility index (Phi) is 6.69. The minimum Gasteiger partial charge on any atom is -0.497 e. The number of carbonyl (C=O) groups excluding carboxylic acids is 1. The molecule has 0 aliphatic heterocycles. The lowest BCUT2D eigenvalue weighted by Crippen LogP contribution is -2.43. The molecule has 1 amide bonds. The van der Waals surface area contributed by atoms with Gasteiger partial charge in [0.2, 0.25) is 5.91 Å². The van der Waals surface area contributed by atoms with Crippen LogP contribution in [0.2, 0.25) is 0 Å². The quantitative estimate of drug-likeness (QED) is 0.707.